The molecule has 0 radical (unpaired) electrons. The first-order valence-corrected chi connectivity index (χ1v) is 4.59. The Labute approximate surface area is 87.8 Å². The molecule has 0 amide bonds. The normalized spacial score (nSPS) is 9.80. The van der Waals surface area contributed by atoms with E-state index in [0.29, 0.717) is 11.3 Å². The molecule has 4 heteroatoms. The highest BCUT2D eigenvalue weighted by atomic mass is 19.1. The van der Waals surface area contributed by atoms with Crippen molar-refractivity contribution < 1.29 is 18.7 Å². The van der Waals surface area contributed by atoms with Crippen LogP contribution in [-0.2, 0) is 9.53 Å². The first-order valence-electron chi connectivity index (χ1n) is 4.59. The second-order valence-corrected chi connectivity index (χ2v) is 3.09. The maximum absolute atomic E-state index is 13.1. The molecule has 1 rings (SSSR count). The van der Waals surface area contributed by atoms with Gasteiger partial charge in [0.15, 0.2) is 0 Å². The second-order valence-electron chi connectivity index (χ2n) is 3.09. The maximum atomic E-state index is 13.1. The molecule has 0 aliphatic carbocycles. The summed E-state index contributed by atoms with van der Waals surface area (Å²) in [5, 5.41) is 0. The molecule has 15 heavy (non-hydrogen) atoms. The number of carbonyl (C=O) groups excluding carboxylic acids is 1. The summed E-state index contributed by atoms with van der Waals surface area (Å²) < 4.78 is 22.7. The van der Waals surface area contributed by atoms with Crippen molar-refractivity contribution in [3.05, 3.63) is 29.6 Å². The van der Waals surface area contributed by atoms with Gasteiger partial charge in [-0.25, -0.2) is 4.39 Å². The highest BCUT2D eigenvalue weighted by Gasteiger charge is 2.02. The molecule has 0 N–H and O–H groups in total. The van der Waals surface area contributed by atoms with Crippen LogP contribution in [0.1, 0.15) is 12.0 Å². The molecule has 0 saturated heterocycles. The Morgan fingerprint density at radius 2 is 2.20 bits per heavy atom. The van der Waals surface area contributed by atoms with Crippen molar-refractivity contribution in [2.45, 2.75) is 13.3 Å². The van der Waals surface area contributed by atoms with Gasteiger partial charge >= 0.3 is 5.97 Å². The lowest BCUT2D eigenvalue weighted by Gasteiger charge is -2.06. The topological polar surface area (TPSA) is 35.5 Å². The summed E-state index contributed by atoms with van der Waals surface area (Å²) in [6, 6.07) is 4.59. The second kappa shape index (κ2) is 5.34. The average Bonchev–Trinajstić information content (AvgIpc) is 2.23. The van der Waals surface area contributed by atoms with Gasteiger partial charge in [0.2, 0.25) is 0 Å². The molecule has 0 fully saturated rings. The van der Waals surface area contributed by atoms with Crippen molar-refractivity contribution in [2.75, 3.05) is 13.7 Å². The van der Waals surface area contributed by atoms with Gasteiger partial charge in [-0.15, -0.1) is 0 Å². The van der Waals surface area contributed by atoms with E-state index in [2.05, 4.69) is 4.74 Å². The number of ether oxygens (including phenoxy) is 2. The molecule has 0 heterocycles. The minimum absolute atomic E-state index is 0.159. The highest BCUT2D eigenvalue weighted by Crippen LogP contribution is 2.15. The van der Waals surface area contributed by atoms with Crippen LogP contribution in [0.15, 0.2) is 18.2 Å². The average molecular weight is 212 g/mol. The fourth-order valence-corrected chi connectivity index (χ4v) is 1.02. The molecule has 1 aromatic rings. The minimum Gasteiger partial charge on any atom is -0.493 e. The van der Waals surface area contributed by atoms with Crippen LogP contribution in [0.25, 0.3) is 0 Å². The minimum atomic E-state index is -0.345. The van der Waals surface area contributed by atoms with Crippen LogP contribution >= 0.6 is 0 Å². The number of carbonyl (C=O) groups is 1. The molecular weight excluding hydrogens is 199 g/mol. The first kappa shape index (κ1) is 11.5. The van der Waals surface area contributed by atoms with Crippen molar-refractivity contribution in [2.24, 2.45) is 0 Å². The first-order chi connectivity index (χ1) is 7.13. The Balaban J connectivity index is 2.44. The summed E-state index contributed by atoms with van der Waals surface area (Å²) in [6.45, 7) is 1.86. The van der Waals surface area contributed by atoms with E-state index in [1.54, 1.807) is 19.1 Å². The van der Waals surface area contributed by atoms with Crippen LogP contribution in [0.5, 0.6) is 5.75 Å². The smallest absolute Gasteiger partial charge is 0.308 e. The summed E-state index contributed by atoms with van der Waals surface area (Å²) >= 11 is 0. The SMILES string of the molecule is COC(=O)CCOc1ccc(C)c(F)c1. The van der Waals surface area contributed by atoms with E-state index in [-0.39, 0.29) is 24.8 Å². The number of hydrogen-bond acceptors (Lipinski definition) is 3. The van der Waals surface area contributed by atoms with Gasteiger partial charge in [0, 0.05) is 6.07 Å². The van der Waals surface area contributed by atoms with E-state index in [1.165, 1.54) is 13.2 Å². The molecule has 0 bridgehead atoms. The highest BCUT2D eigenvalue weighted by molar-refractivity contribution is 5.69. The predicted molar refractivity (Wildman–Crippen MR) is 53.3 cm³/mol. The van der Waals surface area contributed by atoms with Gasteiger partial charge in [-0.05, 0) is 18.6 Å². The lowest BCUT2D eigenvalue weighted by Crippen LogP contribution is -2.07. The summed E-state index contributed by atoms with van der Waals surface area (Å²) in [6.07, 6.45) is 0.159. The van der Waals surface area contributed by atoms with Crippen LogP contribution in [0.4, 0.5) is 4.39 Å². The molecule has 0 aliphatic heterocycles. The number of halogens is 1. The molecule has 0 unspecified atom stereocenters. The fourth-order valence-electron chi connectivity index (χ4n) is 1.02. The third kappa shape index (κ3) is 3.58. The standard InChI is InChI=1S/C11H13FO3/c1-8-3-4-9(7-10(8)12)15-6-5-11(13)14-2/h3-4,7H,5-6H2,1-2H3. The largest absolute Gasteiger partial charge is 0.493 e. The number of rotatable bonds is 4. The van der Waals surface area contributed by atoms with Crippen LogP contribution in [0.3, 0.4) is 0 Å². The number of aryl methyl sites for hydroxylation is 1. The Kier molecular flexibility index (Phi) is 4.09. The lowest BCUT2D eigenvalue weighted by atomic mass is 10.2. The van der Waals surface area contributed by atoms with Gasteiger partial charge in [0.05, 0.1) is 20.1 Å². The number of hydrogen-bond donors (Lipinski definition) is 0. The zero-order chi connectivity index (χ0) is 11.3. The van der Waals surface area contributed by atoms with Gasteiger partial charge in [0.25, 0.3) is 0 Å². The summed E-state index contributed by atoms with van der Waals surface area (Å²) in [5.74, 6) is -0.241. The zero-order valence-corrected chi connectivity index (χ0v) is 8.75. The Hall–Kier alpha value is -1.58. The summed E-state index contributed by atoms with van der Waals surface area (Å²) in [7, 11) is 1.31. The van der Waals surface area contributed by atoms with E-state index >= 15 is 0 Å². The summed E-state index contributed by atoms with van der Waals surface area (Å²) in [4.78, 5) is 10.7. The van der Waals surface area contributed by atoms with Gasteiger partial charge < -0.3 is 9.47 Å². The van der Waals surface area contributed by atoms with E-state index in [9.17, 15) is 9.18 Å². The van der Waals surface area contributed by atoms with Crippen LogP contribution < -0.4 is 4.74 Å². The molecule has 0 aromatic heterocycles. The van der Waals surface area contributed by atoms with E-state index in [4.69, 9.17) is 4.74 Å². The Morgan fingerprint density at radius 1 is 1.47 bits per heavy atom. The van der Waals surface area contributed by atoms with E-state index in [0.717, 1.165) is 0 Å². The number of benzene rings is 1. The third-order valence-electron chi connectivity index (χ3n) is 1.95. The fraction of sp³-hybridized carbons (Fsp3) is 0.364. The van der Waals surface area contributed by atoms with Crippen molar-refractivity contribution in [3.63, 3.8) is 0 Å². The molecule has 0 saturated carbocycles. The zero-order valence-electron chi connectivity index (χ0n) is 8.75. The molecule has 0 atom stereocenters. The molecule has 3 nitrogen and oxygen atoms in total. The van der Waals surface area contributed by atoms with Crippen LogP contribution in [-0.4, -0.2) is 19.7 Å². The predicted octanol–water partition coefficient (Wildman–Crippen LogP) is 2.08. The number of esters is 1. The van der Waals surface area contributed by atoms with Crippen molar-refractivity contribution >= 4 is 5.97 Å². The summed E-state index contributed by atoms with van der Waals surface area (Å²) in [5.41, 5.74) is 0.565. The van der Waals surface area contributed by atoms with E-state index < -0.39 is 0 Å². The van der Waals surface area contributed by atoms with Gasteiger partial charge in [0.1, 0.15) is 11.6 Å². The van der Waals surface area contributed by atoms with Gasteiger partial charge in [-0.1, -0.05) is 6.07 Å². The van der Waals surface area contributed by atoms with Gasteiger partial charge in [-0.2, -0.15) is 0 Å². The van der Waals surface area contributed by atoms with Crippen LogP contribution in [0, 0.1) is 12.7 Å². The molecule has 0 aliphatic rings. The Morgan fingerprint density at radius 3 is 2.80 bits per heavy atom. The van der Waals surface area contributed by atoms with Crippen LogP contribution in [0.2, 0.25) is 0 Å². The number of methoxy groups -OCH3 is 1. The Bertz CT molecular complexity index is 350. The van der Waals surface area contributed by atoms with Crippen molar-refractivity contribution in [3.8, 4) is 5.75 Å². The quantitative estimate of drug-likeness (QED) is 0.717. The molecule has 0 spiro atoms. The monoisotopic (exact) mass is 212 g/mol. The van der Waals surface area contributed by atoms with Gasteiger partial charge in [-0.3, -0.25) is 4.79 Å². The van der Waals surface area contributed by atoms with Crippen molar-refractivity contribution in [1.82, 2.24) is 0 Å². The maximum Gasteiger partial charge on any atom is 0.308 e. The molecule has 1 aromatic carbocycles. The lowest BCUT2D eigenvalue weighted by molar-refractivity contribution is -0.141. The third-order valence-corrected chi connectivity index (χ3v) is 1.95. The van der Waals surface area contributed by atoms with Crippen molar-refractivity contribution in [1.29, 1.82) is 0 Å². The van der Waals surface area contributed by atoms with E-state index in [1.807, 2.05) is 0 Å². The molecular formula is C11H13FO3. The molecule has 82 valence electrons.